The summed E-state index contributed by atoms with van der Waals surface area (Å²) in [5.74, 6) is 1.45. The lowest BCUT2D eigenvalue weighted by atomic mass is 9.83. The van der Waals surface area contributed by atoms with Crippen molar-refractivity contribution in [1.29, 1.82) is 0 Å². The Hall–Kier alpha value is -2.22. The number of urea groups is 1. The van der Waals surface area contributed by atoms with E-state index in [2.05, 4.69) is 20.9 Å². The molecular weight excluding hydrogens is 346 g/mol. The molecule has 0 aromatic carbocycles. The zero-order valence-electron chi connectivity index (χ0n) is 15.8. The summed E-state index contributed by atoms with van der Waals surface area (Å²) in [5, 5.41) is 0. The monoisotopic (exact) mass is 373 g/mol. The average molecular weight is 373 g/mol. The highest BCUT2D eigenvalue weighted by Crippen LogP contribution is 2.36. The van der Waals surface area contributed by atoms with E-state index in [1.165, 1.54) is 24.2 Å². The number of imide groups is 1. The van der Waals surface area contributed by atoms with Gasteiger partial charge in [0.15, 0.2) is 0 Å². The molecule has 3 fully saturated rings. The molecule has 0 bridgehead atoms. The number of carbonyl (C=O) groups excluding carboxylic acids is 2. The van der Waals surface area contributed by atoms with Crippen LogP contribution in [0.4, 0.5) is 10.6 Å². The highest BCUT2D eigenvalue weighted by molar-refractivity contribution is 6.02. The molecule has 146 valence electrons. The number of hydrogen-bond donors (Lipinski definition) is 0. The lowest BCUT2D eigenvalue weighted by Gasteiger charge is -2.37. The van der Waals surface area contributed by atoms with Crippen molar-refractivity contribution >= 4 is 17.8 Å². The molecular formula is C19H27N5O3. The molecule has 4 rings (SSSR count). The second kappa shape index (κ2) is 7.80. The van der Waals surface area contributed by atoms with Crippen LogP contribution in [-0.2, 0) is 9.53 Å². The largest absolute Gasteiger partial charge is 0.383 e. The molecule has 2 aliphatic heterocycles. The topological polar surface area (TPSA) is 78.9 Å². The zero-order valence-corrected chi connectivity index (χ0v) is 15.8. The fraction of sp³-hybridized carbons (Fsp3) is 0.684. The van der Waals surface area contributed by atoms with Crippen LogP contribution in [0.3, 0.4) is 0 Å². The van der Waals surface area contributed by atoms with Gasteiger partial charge in [-0.15, -0.1) is 0 Å². The molecule has 27 heavy (non-hydrogen) atoms. The van der Waals surface area contributed by atoms with E-state index >= 15 is 0 Å². The lowest BCUT2D eigenvalue weighted by molar-refractivity contribution is -0.125. The number of carbonyl (C=O) groups is 2. The van der Waals surface area contributed by atoms with Gasteiger partial charge in [0, 0.05) is 43.9 Å². The summed E-state index contributed by atoms with van der Waals surface area (Å²) >= 11 is 0. The van der Waals surface area contributed by atoms with E-state index in [4.69, 9.17) is 4.74 Å². The maximum atomic E-state index is 12.6. The Labute approximate surface area is 159 Å². The molecule has 3 heterocycles. The molecule has 1 aromatic heterocycles. The van der Waals surface area contributed by atoms with Crippen molar-refractivity contribution in [3.8, 4) is 0 Å². The van der Waals surface area contributed by atoms with Crippen molar-refractivity contribution in [2.45, 2.75) is 44.1 Å². The number of methoxy groups -OCH3 is 1. The van der Waals surface area contributed by atoms with Crippen LogP contribution in [0.1, 0.15) is 43.7 Å². The molecule has 1 aromatic rings. The van der Waals surface area contributed by atoms with Crippen LogP contribution in [0, 0.1) is 0 Å². The van der Waals surface area contributed by atoms with Crippen LogP contribution in [0.2, 0.25) is 0 Å². The van der Waals surface area contributed by atoms with Crippen molar-refractivity contribution < 1.29 is 14.3 Å². The second-order valence-electron chi connectivity index (χ2n) is 7.60. The Morgan fingerprint density at radius 1 is 1.15 bits per heavy atom. The summed E-state index contributed by atoms with van der Waals surface area (Å²) in [6.45, 7) is 2.56. The molecule has 0 atom stereocenters. The molecule has 3 aliphatic rings. The number of ether oxygens (including phenoxy) is 1. The molecule has 2 saturated heterocycles. The number of aromatic nitrogens is 2. The number of hydrogen-bond acceptors (Lipinski definition) is 6. The fourth-order valence-electron chi connectivity index (χ4n) is 4.12. The first-order chi connectivity index (χ1) is 13.2. The number of anilines is 1. The van der Waals surface area contributed by atoms with Crippen LogP contribution in [-0.4, -0.2) is 77.6 Å². The number of nitrogens with zero attached hydrogens (tertiary/aromatic N) is 5. The Morgan fingerprint density at radius 2 is 1.93 bits per heavy atom. The Kier molecular flexibility index (Phi) is 5.24. The van der Waals surface area contributed by atoms with Gasteiger partial charge in [0.1, 0.15) is 18.7 Å². The summed E-state index contributed by atoms with van der Waals surface area (Å²) in [6.07, 6.45) is 7.11. The zero-order chi connectivity index (χ0) is 18.8. The molecule has 1 saturated carbocycles. The van der Waals surface area contributed by atoms with Gasteiger partial charge in [0.25, 0.3) is 0 Å². The first kappa shape index (κ1) is 18.2. The van der Waals surface area contributed by atoms with Crippen LogP contribution in [0.15, 0.2) is 12.4 Å². The van der Waals surface area contributed by atoms with Crippen molar-refractivity contribution in [2.24, 2.45) is 0 Å². The van der Waals surface area contributed by atoms with Crippen molar-refractivity contribution in [2.75, 3.05) is 44.8 Å². The third-order valence-corrected chi connectivity index (χ3v) is 6.03. The van der Waals surface area contributed by atoms with Crippen LogP contribution >= 0.6 is 0 Å². The van der Waals surface area contributed by atoms with Crippen molar-refractivity contribution in [1.82, 2.24) is 19.8 Å². The van der Waals surface area contributed by atoms with Gasteiger partial charge in [0.05, 0.1) is 13.2 Å². The van der Waals surface area contributed by atoms with E-state index in [1.807, 2.05) is 0 Å². The standard InChI is InChI=1S/C19H27N5O3/c1-27-10-9-23-18(25)12-24(19(23)26)15-5-7-22(8-6-15)17-11-16(20-13-21-17)14-3-2-4-14/h11,13-15H,2-10,12H2,1H3. The average Bonchev–Trinajstić information content (AvgIpc) is 2.93. The fourth-order valence-corrected chi connectivity index (χ4v) is 4.12. The molecule has 1 aliphatic carbocycles. The molecule has 0 spiro atoms. The first-order valence-electron chi connectivity index (χ1n) is 9.84. The van der Waals surface area contributed by atoms with E-state index in [9.17, 15) is 9.59 Å². The highest BCUT2D eigenvalue weighted by Gasteiger charge is 2.40. The van der Waals surface area contributed by atoms with Gasteiger partial charge in [-0.25, -0.2) is 14.8 Å². The van der Waals surface area contributed by atoms with Crippen LogP contribution in [0.25, 0.3) is 0 Å². The quantitative estimate of drug-likeness (QED) is 0.705. The molecule has 0 radical (unpaired) electrons. The van der Waals surface area contributed by atoms with E-state index in [1.54, 1.807) is 18.3 Å². The van der Waals surface area contributed by atoms with Gasteiger partial charge in [-0.2, -0.15) is 0 Å². The minimum atomic E-state index is -0.176. The van der Waals surface area contributed by atoms with Crippen molar-refractivity contribution in [3.05, 3.63) is 18.1 Å². The van der Waals surface area contributed by atoms with E-state index in [-0.39, 0.29) is 24.5 Å². The lowest BCUT2D eigenvalue weighted by Crippen LogP contribution is -2.47. The van der Waals surface area contributed by atoms with E-state index < -0.39 is 0 Å². The van der Waals surface area contributed by atoms with Gasteiger partial charge < -0.3 is 14.5 Å². The molecule has 8 nitrogen and oxygen atoms in total. The molecule has 0 N–H and O–H groups in total. The maximum Gasteiger partial charge on any atom is 0.327 e. The van der Waals surface area contributed by atoms with Gasteiger partial charge in [-0.05, 0) is 25.7 Å². The van der Waals surface area contributed by atoms with Crippen LogP contribution in [0.5, 0.6) is 0 Å². The Bertz CT molecular complexity index is 700. The summed E-state index contributed by atoms with van der Waals surface area (Å²) in [4.78, 5) is 38.9. The van der Waals surface area contributed by atoms with Gasteiger partial charge >= 0.3 is 6.03 Å². The van der Waals surface area contributed by atoms with Crippen molar-refractivity contribution in [3.63, 3.8) is 0 Å². The van der Waals surface area contributed by atoms with Gasteiger partial charge in [-0.3, -0.25) is 9.69 Å². The summed E-state index contributed by atoms with van der Waals surface area (Å²) in [7, 11) is 1.57. The van der Waals surface area contributed by atoms with Crippen LogP contribution < -0.4 is 4.90 Å². The second-order valence-corrected chi connectivity index (χ2v) is 7.60. The third kappa shape index (κ3) is 3.63. The summed E-state index contributed by atoms with van der Waals surface area (Å²) < 4.78 is 5.00. The molecule has 8 heteroatoms. The molecule has 0 unspecified atom stereocenters. The predicted octanol–water partition coefficient (Wildman–Crippen LogP) is 1.62. The smallest absolute Gasteiger partial charge is 0.327 e. The third-order valence-electron chi connectivity index (χ3n) is 6.03. The van der Waals surface area contributed by atoms with E-state index in [0.717, 1.165) is 37.4 Å². The number of amides is 3. The Morgan fingerprint density at radius 3 is 2.59 bits per heavy atom. The SMILES string of the molecule is COCCN1C(=O)CN(C2CCN(c3cc(C4CCC4)ncn3)CC2)C1=O. The number of piperidine rings is 1. The predicted molar refractivity (Wildman–Crippen MR) is 99.6 cm³/mol. The minimum absolute atomic E-state index is 0.109. The summed E-state index contributed by atoms with van der Waals surface area (Å²) in [6, 6.07) is 2.06. The normalized spacial score (nSPS) is 21.9. The Balaban J connectivity index is 1.35. The van der Waals surface area contributed by atoms with E-state index in [0.29, 0.717) is 19.1 Å². The van der Waals surface area contributed by atoms with Gasteiger partial charge in [-0.1, -0.05) is 6.42 Å². The highest BCUT2D eigenvalue weighted by atomic mass is 16.5. The molecule has 3 amide bonds. The van der Waals surface area contributed by atoms with Gasteiger partial charge in [0.2, 0.25) is 5.91 Å². The minimum Gasteiger partial charge on any atom is -0.383 e. The summed E-state index contributed by atoms with van der Waals surface area (Å²) in [5.41, 5.74) is 1.16. The first-order valence-corrected chi connectivity index (χ1v) is 9.84. The number of rotatable bonds is 6. The maximum absolute atomic E-state index is 12.6.